The van der Waals surface area contributed by atoms with Gasteiger partial charge in [-0.15, -0.1) is 0 Å². The minimum absolute atomic E-state index is 0.239. The van der Waals surface area contributed by atoms with Crippen molar-refractivity contribution in [3.05, 3.63) is 65.7 Å². The van der Waals surface area contributed by atoms with Crippen LogP contribution in [-0.2, 0) is 0 Å². The predicted molar refractivity (Wildman–Crippen MR) is 90.8 cm³/mol. The number of benzene rings is 2. The zero-order valence-electron chi connectivity index (χ0n) is 12.9. The van der Waals surface area contributed by atoms with E-state index in [0.717, 1.165) is 17.7 Å². The number of rotatable bonds is 5. The fourth-order valence-corrected chi connectivity index (χ4v) is 2.06. The highest BCUT2D eigenvalue weighted by molar-refractivity contribution is 6.02. The van der Waals surface area contributed by atoms with Crippen molar-refractivity contribution < 1.29 is 4.79 Å². The van der Waals surface area contributed by atoms with Gasteiger partial charge < -0.3 is 5.73 Å². The summed E-state index contributed by atoms with van der Waals surface area (Å²) in [4.78, 5) is 12.1. The first-order valence-electron chi connectivity index (χ1n) is 7.34. The maximum atomic E-state index is 12.1. The Kier molecular flexibility index (Phi) is 5.31. The Hall–Kier alpha value is -2.62. The summed E-state index contributed by atoms with van der Waals surface area (Å²) in [6, 6.07) is 16.7. The molecule has 3 N–H and O–H groups in total. The second-order valence-corrected chi connectivity index (χ2v) is 5.59. The van der Waals surface area contributed by atoms with E-state index in [4.69, 9.17) is 5.73 Å². The van der Waals surface area contributed by atoms with Gasteiger partial charge in [0, 0.05) is 11.3 Å². The van der Waals surface area contributed by atoms with Gasteiger partial charge in [0.15, 0.2) is 0 Å². The Balaban J connectivity index is 2.15. The van der Waals surface area contributed by atoms with Gasteiger partial charge in [-0.2, -0.15) is 5.10 Å². The third-order valence-electron chi connectivity index (χ3n) is 3.17. The lowest BCUT2D eigenvalue weighted by molar-refractivity contribution is 0.0954. The number of hydrogen-bond acceptors (Lipinski definition) is 3. The summed E-state index contributed by atoms with van der Waals surface area (Å²) in [5.41, 5.74) is 11.3. The number of carbonyl (C=O) groups is 1. The van der Waals surface area contributed by atoms with Crippen LogP contribution >= 0.6 is 0 Å². The van der Waals surface area contributed by atoms with E-state index in [0.29, 0.717) is 17.2 Å². The van der Waals surface area contributed by atoms with Crippen LogP contribution in [0.5, 0.6) is 0 Å². The van der Waals surface area contributed by atoms with Gasteiger partial charge in [-0.25, -0.2) is 5.43 Å². The summed E-state index contributed by atoms with van der Waals surface area (Å²) in [6.45, 7) is 4.25. The van der Waals surface area contributed by atoms with Crippen LogP contribution < -0.4 is 11.2 Å². The third-order valence-corrected chi connectivity index (χ3v) is 3.17. The van der Waals surface area contributed by atoms with E-state index >= 15 is 0 Å². The molecule has 0 heterocycles. The fraction of sp³-hybridized carbons (Fsp3) is 0.222. The number of hydrogen-bond donors (Lipinski definition) is 2. The van der Waals surface area contributed by atoms with Crippen LogP contribution in [0.1, 0.15) is 36.2 Å². The molecule has 4 heteroatoms. The summed E-state index contributed by atoms with van der Waals surface area (Å²) < 4.78 is 0. The molecule has 114 valence electrons. The Morgan fingerprint density at radius 1 is 1.05 bits per heavy atom. The van der Waals surface area contributed by atoms with Crippen molar-refractivity contribution in [3.63, 3.8) is 0 Å². The first-order chi connectivity index (χ1) is 10.6. The lowest BCUT2D eigenvalue weighted by atomic mass is 10.0. The van der Waals surface area contributed by atoms with Gasteiger partial charge in [0.1, 0.15) is 0 Å². The molecule has 0 atom stereocenters. The van der Waals surface area contributed by atoms with Crippen LogP contribution in [0.3, 0.4) is 0 Å². The van der Waals surface area contributed by atoms with E-state index in [-0.39, 0.29) is 5.91 Å². The molecule has 0 saturated carbocycles. The molecule has 0 aliphatic rings. The van der Waals surface area contributed by atoms with Crippen molar-refractivity contribution in [1.29, 1.82) is 0 Å². The van der Waals surface area contributed by atoms with Gasteiger partial charge in [-0.05, 0) is 42.2 Å². The van der Waals surface area contributed by atoms with E-state index in [1.54, 1.807) is 24.3 Å². The highest BCUT2D eigenvalue weighted by Crippen LogP contribution is 2.10. The van der Waals surface area contributed by atoms with Crippen LogP contribution in [-0.4, -0.2) is 11.6 Å². The average molecular weight is 295 g/mol. The van der Waals surface area contributed by atoms with E-state index in [9.17, 15) is 4.79 Å². The first kappa shape index (κ1) is 15.8. The molecule has 22 heavy (non-hydrogen) atoms. The van der Waals surface area contributed by atoms with Crippen molar-refractivity contribution in [2.45, 2.75) is 20.3 Å². The largest absolute Gasteiger partial charge is 0.399 e. The highest BCUT2D eigenvalue weighted by atomic mass is 16.2. The number of nitrogen functional groups attached to an aromatic ring is 1. The van der Waals surface area contributed by atoms with Gasteiger partial charge >= 0.3 is 0 Å². The molecular formula is C18H21N3O. The summed E-state index contributed by atoms with van der Waals surface area (Å²) in [7, 11) is 0. The molecule has 1 amide bonds. The topological polar surface area (TPSA) is 67.5 Å². The molecule has 0 aliphatic carbocycles. The molecule has 0 unspecified atom stereocenters. The van der Waals surface area contributed by atoms with Gasteiger partial charge in [0.25, 0.3) is 5.91 Å². The van der Waals surface area contributed by atoms with E-state index in [2.05, 4.69) is 24.4 Å². The molecule has 0 aromatic heterocycles. The second kappa shape index (κ2) is 7.41. The summed E-state index contributed by atoms with van der Waals surface area (Å²) >= 11 is 0. The minimum atomic E-state index is -0.239. The molecule has 0 spiro atoms. The number of amides is 1. The third kappa shape index (κ3) is 4.45. The molecule has 0 bridgehead atoms. The highest BCUT2D eigenvalue weighted by Gasteiger charge is 2.08. The van der Waals surface area contributed by atoms with E-state index in [1.165, 1.54) is 0 Å². The summed E-state index contributed by atoms with van der Waals surface area (Å²) in [5.74, 6) is 0.213. The van der Waals surface area contributed by atoms with Gasteiger partial charge in [0.2, 0.25) is 0 Å². The van der Waals surface area contributed by atoms with Crippen molar-refractivity contribution in [1.82, 2.24) is 5.43 Å². The number of hydrazone groups is 1. The van der Waals surface area contributed by atoms with Crippen LogP contribution in [0.4, 0.5) is 5.69 Å². The molecule has 4 nitrogen and oxygen atoms in total. The number of nitrogens with zero attached hydrogens (tertiary/aromatic N) is 1. The number of nitrogens with one attached hydrogen (secondary N) is 1. The SMILES string of the molecule is CC(C)C/C(=N/NC(=O)c1ccc(N)cc1)c1ccccc1. The molecule has 2 rings (SSSR count). The maximum absolute atomic E-state index is 12.1. The Morgan fingerprint density at radius 3 is 2.27 bits per heavy atom. The molecular weight excluding hydrogens is 274 g/mol. The molecule has 0 aliphatic heterocycles. The van der Waals surface area contributed by atoms with Crippen LogP contribution in [0.15, 0.2) is 59.7 Å². The number of anilines is 1. The monoisotopic (exact) mass is 295 g/mol. The van der Waals surface area contributed by atoms with Crippen molar-refractivity contribution in [2.24, 2.45) is 11.0 Å². The molecule has 0 saturated heterocycles. The summed E-state index contributed by atoms with van der Waals surface area (Å²) in [6.07, 6.45) is 0.798. The van der Waals surface area contributed by atoms with Crippen LogP contribution in [0, 0.1) is 5.92 Å². The Morgan fingerprint density at radius 2 is 1.68 bits per heavy atom. The van der Waals surface area contributed by atoms with E-state index < -0.39 is 0 Å². The van der Waals surface area contributed by atoms with Crippen molar-refractivity contribution in [2.75, 3.05) is 5.73 Å². The lowest BCUT2D eigenvalue weighted by Gasteiger charge is -2.10. The quantitative estimate of drug-likeness (QED) is 0.504. The van der Waals surface area contributed by atoms with Gasteiger partial charge in [0.05, 0.1) is 5.71 Å². The van der Waals surface area contributed by atoms with Crippen molar-refractivity contribution in [3.8, 4) is 0 Å². The minimum Gasteiger partial charge on any atom is -0.399 e. The zero-order valence-corrected chi connectivity index (χ0v) is 12.9. The molecule has 2 aromatic carbocycles. The zero-order chi connectivity index (χ0) is 15.9. The fourth-order valence-electron chi connectivity index (χ4n) is 2.06. The number of nitrogens with two attached hydrogens (primary N) is 1. The molecule has 0 fully saturated rings. The van der Waals surface area contributed by atoms with Crippen LogP contribution in [0.25, 0.3) is 0 Å². The van der Waals surface area contributed by atoms with Crippen molar-refractivity contribution >= 4 is 17.3 Å². The average Bonchev–Trinajstić information content (AvgIpc) is 2.52. The first-order valence-corrected chi connectivity index (χ1v) is 7.34. The van der Waals surface area contributed by atoms with Crippen LogP contribution in [0.2, 0.25) is 0 Å². The molecule has 0 radical (unpaired) electrons. The second-order valence-electron chi connectivity index (χ2n) is 5.59. The standard InChI is InChI=1S/C18H21N3O/c1-13(2)12-17(14-6-4-3-5-7-14)20-21-18(22)15-8-10-16(19)11-9-15/h3-11,13H,12,19H2,1-2H3,(H,21,22)/b20-17-. The lowest BCUT2D eigenvalue weighted by Crippen LogP contribution is -2.20. The van der Waals surface area contributed by atoms with E-state index in [1.807, 2.05) is 30.3 Å². The van der Waals surface area contributed by atoms with Gasteiger partial charge in [-0.3, -0.25) is 4.79 Å². The Labute approximate surface area is 131 Å². The Bertz CT molecular complexity index is 646. The number of carbonyl (C=O) groups excluding carboxylic acids is 1. The predicted octanol–water partition coefficient (Wildman–Crippen LogP) is 3.45. The normalized spacial score (nSPS) is 11.5. The maximum Gasteiger partial charge on any atom is 0.271 e. The molecule has 2 aromatic rings. The van der Waals surface area contributed by atoms with Gasteiger partial charge in [-0.1, -0.05) is 44.2 Å². The smallest absolute Gasteiger partial charge is 0.271 e. The summed E-state index contributed by atoms with van der Waals surface area (Å²) in [5, 5.41) is 4.32.